The zero-order chi connectivity index (χ0) is 33.9. The summed E-state index contributed by atoms with van der Waals surface area (Å²) in [5.41, 5.74) is 3.68. The molecule has 2 aliphatic heterocycles. The number of aromatic nitrogens is 6. The van der Waals surface area contributed by atoms with Crippen molar-refractivity contribution in [2.24, 2.45) is 0 Å². The van der Waals surface area contributed by atoms with E-state index in [1.165, 1.54) is 9.75 Å². The summed E-state index contributed by atoms with van der Waals surface area (Å²) in [5, 5.41) is 21.0. The molecule has 0 aliphatic carbocycles. The molecule has 0 radical (unpaired) electrons. The minimum Gasteiger partial charge on any atom is -0.364 e. The van der Waals surface area contributed by atoms with Gasteiger partial charge in [-0.15, -0.1) is 22.7 Å². The molecule has 50 heavy (non-hydrogen) atoms. The molecule has 0 aromatic carbocycles. The molecule has 0 bridgehead atoms. The van der Waals surface area contributed by atoms with Gasteiger partial charge in [0.25, 0.3) is 0 Å². The summed E-state index contributed by atoms with van der Waals surface area (Å²) in [7, 11) is 0. The van der Waals surface area contributed by atoms with Crippen molar-refractivity contribution in [1.82, 2.24) is 40.5 Å². The molecule has 2 saturated heterocycles. The van der Waals surface area contributed by atoms with Crippen LogP contribution < -0.4 is 31.1 Å². The highest BCUT2D eigenvalue weighted by atomic mass is 32.1. The monoisotopic (exact) mass is 706 g/mol. The van der Waals surface area contributed by atoms with Crippen LogP contribution in [-0.4, -0.2) is 81.8 Å². The maximum absolute atomic E-state index is 5.21. The van der Waals surface area contributed by atoms with Gasteiger partial charge in [-0.05, 0) is 48.4 Å². The molecule has 0 saturated carbocycles. The summed E-state index contributed by atoms with van der Waals surface area (Å²) in [6, 6.07) is 12.8. The summed E-state index contributed by atoms with van der Waals surface area (Å²) in [5.74, 6) is 3.11. The van der Waals surface area contributed by atoms with Gasteiger partial charge in [-0.2, -0.15) is 9.97 Å². The first-order chi connectivity index (χ1) is 24.6. The third kappa shape index (κ3) is 7.06. The van der Waals surface area contributed by atoms with Gasteiger partial charge < -0.3 is 31.1 Å². The second kappa shape index (κ2) is 14.8. The molecule has 14 heteroatoms. The number of piperazine rings is 2. The summed E-state index contributed by atoms with van der Waals surface area (Å²) < 4.78 is 0. The zero-order valence-corrected chi connectivity index (χ0v) is 30.0. The van der Waals surface area contributed by atoms with Crippen LogP contribution in [0.3, 0.4) is 0 Å². The van der Waals surface area contributed by atoms with E-state index in [0.717, 1.165) is 103 Å². The Hall–Kier alpha value is -4.50. The number of rotatable bonds is 11. The number of nitrogens with one attached hydrogen (secondary N) is 4. The maximum Gasteiger partial charge on any atom is 0.228 e. The first kappa shape index (κ1) is 32.7. The van der Waals surface area contributed by atoms with Crippen molar-refractivity contribution >= 4 is 68.0 Å². The highest BCUT2D eigenvalue weighted by Crippen LogP contribution is 2.33. The topological polar surface area (TPSA) is 132 Å². The normalized spacial score (nSPS) is 17.4. The number of pyridine rings is 2. The minimum absolute atomic E-state index is 0.0463. The number of hydrogen-bond donors (Lipinski definition) is 4. The lowest BCUT2D eigenvalue weighted by Crippen LogP contribution is -2.55. The fourth-order valence-corrected chi connectivity index (χ4v) is 8.21. The maximum atomic E-state index is 5.21. The Morgan fingerprint density at radius 2 is 1.60 bits per heavy atom. The molecule has 8 heterocycles. The quantitative estimate of drug-likeness (QED) is 0.138. The van der Waals surface area contributed by atoms with Crippen molar-refractivity contribution in [3.8, 4) is 0 Å². The van der Waals surface area contributed by atoms with Crippen LogP contribution in [0.4, 0.5) is 23.5 Å². The molecule has 2 atom stereocenters. The van der Waals surface area contributed by atoms with E-state index < -0.39 is 0 Å². The molecule has 8 rings (SSSR count). The van der Waals surface area contributed by atoms with E-state index in [1.54, 1.807) is 22.7 Å². The van der Waals surface area contributed by atoms with E-state index in [0.29, 0.717) is 19.0 Å². The van der Waals surface area contributed by atoms with Crippen LogP contribution in [0.1, 0.15) is 40.5 Å². The number of thiophene rings is 2. The lowest BCUT2D eigenvalue weighted by atomic mass is 10.0. The second-order valence-corrected chi connectivity index (χ2v) is 14.9. The Morgan fingerprint density at radius 3 is 2.38 bits per heavy atom. The van der Waals surface area contributed by atoms with Crippen LogP contribution in [0.2, 0.25) is 0 Å². The summed E-state index contributed by atoms with van der Waals surface area (Å²) in [6.45, 7) is 10.7. The Kier molecular flexibility index (Phi) is 9.66. The van der Waals surface area contributed by atoms with Crippen LogP contribution in [0.15, 0.2) is 59.6 Å². The molecule has 2 fully saturated rings. The average Bonchev–Trinajstić information content (AvgIpc) is 3.89. The van der Waals surface area contributed by atoms with Gasteiger partial charge in [-0.1, -0.05) is 25.5 Å². The summed E-state index contributed by atoms with van der Waals surface area (Å²) in [6.07, 6.45) is 5.71. The molecule has 4 N–H and O–H groups in total. The van der Waals surface area contributed by atoms with Crippen molar-refractivity contribution in [2.45, 2.75) is 45.3 Å². The first-order valence-electron chi connectivity index (χ1n) is 17.4. The van der Waals surface area contributed by atoms with Crippen molar-refractivity contribution in [3.05, 3.63) is 80.7 Å². The van der Waals surface area contributed by atoms with E-state index in [1.807, 2.05) is 19.3 Å². The highest BCUT2D eigenvalue weighted by molar-refractivity contribution is 7.10. The highest BCUT2D eigenvalue weighted by Gasteiger charge is 2.32. The van der Waals surface area contributed by atoms with Crippen molar-refractivity contribution in [3.63, 3.8) is 0 Å². The fourth-order valence-electron chi connectivity index (χ4n) is 6.73. The lowest BCUT2D eigenvalue weighted by Gasteiger charge is -2.38. The van der Waals surface area contributed by atoms with Gasteiger partial charge in [-0.3, -0.25) is 9.97 Å². The Balaban J connectivity index is 1.13. The van der Waals surface area contributed by atoms with Crippen molar-refractivity contribution in [2.75, 3.05) is 66.2 Å². The third-order valence-corrected chi connectivity index (χ3v) is 11.1. The second-order valence-electron chi connectivity index (χ2n) is 12.8. The summed E-state index contributed by atoms with van der Waals surface area (Å²) >= 11 is 3.49. The molecule has 0 spiro atoms. The van der Waals surface area contributed by atoms with Gasteiger partial charge in [0.1, 0.15) is 11.6 Å². The number of nitrogens with zero attached hydrogens (tertiary/aromatic N) is 8. The third-order valence-electron chi connectivity index (χ3n) is 9.28. The first-order valence-corrected chi connectivity index (χ1v) is 19.2. The zero-order valence-electron chi connectivity index (χ0n) is 28.4. The van der Waals surface area contributed by atoms with E-state index >= 15 is 0 Å². The van der Waals surface area contributed by atoms with Crippen LogP contribution >= 0.6 is 22.7 Å². The van der Waals surface area contributed by atoms with Crippen molar-refractivity contribution in [1.29, 1.82) is 0 Å². The van der Waals surface area contributed by atoms with Crippen LogP contribution in [0.5, 0.6) is 0 Å². The number of hydrogen-bond acceptors (Lipinski definition) is 14. The smallest absolute Gasteiger partial charge is 0.228 e. The Morgan fingerprint density at radius 1 is 0.860 bits per heavy atom. The van der Waals surface area contributed by atoms with Crippen LogP contribution in [-0.2, 0) is 13.0 Å². The number of anilines is 4. The Labute approximate surface area is 299 Å². The van der Waals surface area contributed by atoms with Gasteiger partial charge in [0.05, 0.1) is 36.0 Å². The largest absolute Gasteiger partial charge is 0.364 e. The molecule has 6 aromatic rings. The Bertz CT molecular complexity index is 2050. The lowest BCUT2D eigenvalue weighted by molar-refractivity contribution is 0.414. The van der Waals surface area contributed by atoms with Gasteiger partial charge in [0.2, 0.25) is 11.9 Å². The molecule has 2 unspecified atom stereocenters. The van der Waals surface area contributed by atoms with E-state index in [4.69, 9.17) is 24.9 Å². The molecular weight excluding hydrogens is 665 g/mol. The van der Waals surface area contributed by atoms with Crippen molar-refractivity contribution < 1.29 is 0 Å². The SMILES string of the molecule is CCCc1cc2c(NC(c3cccs3)C3CN(c4nc(NCc5cccs5)c5cc(C)ncc5n4)CCN3)nc(N3CCNCC3)nc2cn1. The van der Waals surface area contributed by atoms with Gasteiger partial charge in [-0.25, -0.2) is 9.97 Å². The minimum atomic E-state index is -0.0595. The fraction of sp³-hybridized carbons (Fsp3) is 0.389. The van der Waals surface area contributed by atoms with E-state index in [9.17, 15) is 0 Å². The molecule has 258 valence electrons. The van der Waals surface area contributed by atoms with Gasteiger partial charge in [0.15, 0.2) is 0 Å². The average molecular weight is 707 g/mol. The predicted molar refractivity (Wildman–Crippen MR) is 205 cm³/mol. The van der Waals surface area contributed by atoms with E-state index in [2.05, 4.69) is 90.1 Å². The van der Waals surface area contributed by atoms with Crippen LogP contribution in [0, 0.1) is 6.92 Å². The predicted octanol–water partition coefficient (Wildman–Crippen LogP) is 5.40. The van der Waals surface area contributed by atoms with E-state index in [-0.39, 0.29) is 12.1 Å². The van der Waals surface area contributed by atoms with Gasteiger partial charge >= 0.3 is 0 Å². The molecular formula is C36H42N12S2. The number of fused-ring (bicyclic) bond motifs is 2. The molecule has 0 amide bonds. The van der Waals surface area contributed by atoms with Gasteiger partial charge in [0, 0.05) is 83.8 Å². The molecule has 2 aliphatic rings. The summed E-state index contributed by atoms with van der Waals surface area (Å²) in [4.78, 5) is 36.8. The standard InChI is InChI=1S/C36H42N12S2/c1-3-6-24-18-27-29(21-40-24)42-35(47-12-9-37-10-13-47)46-34(27)44-32(31-8-5-16-50-31)30-22-48(14-11-38-30)36-43-28-20-39-23(2)17-26(28)33(45-36)41-19-25-7-4-15-49-25/h4-5,7-8,15-18,20-21,30,32,37-38H,3,6,9-14,19,22H2,1-2H3,(H,41,43,45)(H,42,44,46). The number of aryl methyl sites for hydroxylation is 2. The molecule has 12 nitrogen and oxygen atoms in total. The molecule has 6 aromatic heterocycles. The van der Waals surface area contributed by atoms with Crippen LogP contribution in [0.25, 0.3) is 21.8 Å².